The average molecular weight is 817 g/mol. The molecule has 268 valence electrons. The van der Waals surface area contributed by atoms with Crippen LogP contribution in [0.4, 0.5) is 10.5 Å². The number of benzene rings is 3. The summed E-state index contributed by atoms with van der Waals surface area (Å²) in [4.78, 5) is 36.3. The molecule has 4 aromatic rings. The van der Waals surface area contributed by atoms with Crippen molar-refractivity contribution in [3.8, 4) is 23.0 Å². The third kappa shape index (κ3) is 9.39. The number of fused-ring (bicyclic) bond motifs is 1. The standard InChI is InChI=1S/C36H37BrCl2N6O5S/c1-22-15-34(46)45(35(51-22)23-16-24(38)18-25(39)17-23)42-36(47)41-26-5-6-31(28(37)19-26)50-30-7-8-40-29-21-33(32(48-3)20-27(29)30)49-14-4-9-44-12-10-43(2)11-13-44/h5-8,15-21,35H,4,9-14H2,1-3H3,(H2,41,42,47). The molecule has 6 rings (SSSR count). The Balaban J connectivity index is 1.10. The summed E-state index contributed by atoms with van der Waals surface area (Å²) in [7, 11) is 3.77. The van der Waals surface area contributed by atoms with Gasteiger partial charge in [-0.25, -0.2) is 15.2 Å². The maximum atomic E-state index is 13.1. The SMILES string of the molecule is COc1cc2c(Oc3ccc(NC(=O)NN4C(=O)C=C(C)SC4c4cc(Cl)cc(Cl)c4)cc3Br)ccnc2cc1OCCCN1CCN(C)CC1. The van der Waals surface area contributed by atoms with Crippen LogP contribution in [0, 0.1) is 0 Å². The van der Waals surface area contributed by atoms with E-state index in [1.807, 2.05) is 19.1 Å². The Morgan fingerprint density at radius 3 is 2.49 bits per heavy atom. The van der Waals surface area contributed by atoms with E-state index in [0.29, 0.717) is 60.9 Å². The van der Waals surface area contributed by atoms with Crippen molar-refractivity contribution in [3.05, 3.63) is 91.9 Å². The van der Waals surface area contributed by atoms with Crippen LogP contribution < -0.4 is 25.0 Å². The lowest BCUT2D eigenvalue weighted by Crippen LogP contribution is -2.49. The van der Waals surface area contributed by atoms with Crippen LogP contribution in [0.2, 0.25) is 10.0 Å². The highest BCUT2D eigenvalue weighted by molar-refractivity contribution is 9.10. The zero-order valence-electron chi connectivity index (χ0n) is 28.3. The molecule has 1 unspecified atom stereocenters. The number of thioether (sulfide) groups is 1. The van der Waals surface area contributed by atoms with Gasteiger partial charge in [0.1, 0.15) is 16.9 Å². The number of amides is 3. The van der Waals surface area contributed by atoms with Gasteiger partial charge in [0.15, 0.2) is 11.5 Å². The van der Waals surface area contributed by atoms with Gasteiger partial charge >= 0.3 is 6.03 Å². The Bertz CT molecular complexity index is 1940. The second-order valence-electron chi connectivity index (χ2n) is 12.1. The largest absolute Gasteiger partial charge is 0.493 e. The van der Waals surface area contributed by atoms with E-state index < -0.39 is 11.4 Å². The molecule has 1 aromatic heterocycles. The molecule has 1 fully saturated rings. The predicted molar refractivity (Wildman–Crippen MR) is 206 cm³/mol. The van der Waals surface area contributed by atoms with Gasteiger partial charge in [-0.05, 0) is 95.3 Å². The van der Waals surface area contributed by atoms with Crippen molar-refractivity contribution in [1.82, 2.24) is 25.2 Å². The highest BCUT2D eigenvalue weighted by atomic mass is 79.9. The average Bonchev–Trinajstić information content (AvgIpc) is 3.09. The van der Waals surface area contributed by atoms with Crippen LogP contribution in [0.5, 0.6) is 23.0 Å². The molecule has 2 aliphatic heterocycles. The van der Waals surface area contributed by atoms with Crippen molar-refractivity contribution < 1.29 is 23.8 Å². The fourth-order valence-corrected chi connectivity index (χ4v) is 7.81. The van der Waals surface area contributed by atoms with E-state index in [9.17, 15) is 9.59 Å². The van der Waals surface area contributed by atoms with E-state index in [0.717, 1.165) is 49.4 Å². The summed E-state index contributed by atoms with van der Waals surface area (Å²) in [6.07, 6.45) is 4.04. The molecule has 3 heterocycles. The number of aromatic nitrogens is 1. The maximum Gasteiger partial charge on any atom is 0.338 e. The van der Waals surface area contributed by atoms with Crippen molar-refractivity contribution in [1.29, 1.82) is 0 Å². The summed E-state index contributed by atoms with van der Waals surface area (Å²) < 4.78 is 18.7. The van der Waals surface area contributed by atoms with Gasteiger partial charge in [0.2, 0.25) is 0 Å². The third-order valence-electron chi connectivity index (χ3n) is 8.36. The number of rotatable bonds is 11. The number of nitrogens with zero attached hydrogens (tertiary/aromatic N) is 4. The number of urea groups is 1. The topological polar surface area (TPSA) is 108 Å². The van der Waals surface area contributed by atoms with E-state index >= 15 is 0 Å². The van der Waals surface area contributed by atoms with E-state index in [2.05, 4.69) is 48.5 Å². The van der Waals surface area contributed by atoms with Crippen LogP contribution in [0.3, 0.4) is 0 Å². The van der Waals surface area contributed by atoms with Crippen LogP contribution >= 0.6 is 50.9 Å². The zero-order valence-corrected chi connectivity index (χ0v) is 32.2. The smallest absolute Gasteiger partial charge is 0.338 e. The van der Waals surface area contributed by atoms with Crippen LogP contribution in [0.15, 0.2) is 76.2 Å². The first-order chi connectivity index (χ1) is 24.6. The highest BCUT2D eigenvalue weighted by Crippen LogP contribution is 2.42. The number of nitrogens with one attached hydrogen (secondary N) is 2. The highest BCUT2D eigenvalue weighted by Gasteiger charge is 2.31. The molecule has 0 spiro atoms. The minimum Gasteiger partial charge on any atom is -0.493 e. The Kier molecular flexibility index (Phi) is 12.2. The molecule has 3 aromatic carbocycles. The number of halogens is 3. The molecule has 3 amide bonds. The Hall–Kier alpha value is -3.72. The predicted octanol–water partition coefficient (Wildman–Crippen LogP) is 8.34. The quantitative estimate of drug-likeness (QED) is 0.145. The number of hydrogen-bond acceptors (Lipinski definition) is 9. The molecule has 2 aliphatic rings. The number of ether oxygens (including phenoxy) is 3. The minimum atomic E-state index is -0.611. The van der Waals surface area contributed by atoms with Gasteiger partial charge in [-0.2, -0.15) is 0 Å². The molecule has 0 saturated carbocycles. The molecule has 0 bridgehead atoms. The molecule has 2 N–H and O–H groups in total. The lowest BCUT2D eigenvalue weighted by molar-refractivity contribution is -0.129. The van der Waals surface area contributed by atoms with Crippen molar-refractivity contribution in [2.75, 3.05) is 58.8 Å². The number of carbonyl (C=O) groups excluding carboxylic acids is 2. The van der Waals surface area contributed by atoms with Crippen LogP contribution in [0.25, 0.3) is 10.9 Å². The van der Waals surface area contributed by atoms with Crippen molar-refractivity contribution in [3.63, 3.8) is 0 Å². The second-order valence-corrected chi connectivity index (χ2v) is 15.2. The van der Waals surface area contributed by atoms with Gasteiger partial charge in [-0.1, -0.05) is 35.0 Å². The maximum absolute atomic E-state index is 13.1. The fourth-order valence-electron chi connectivity index (χ4n) is 5.75. The molecule has 51 heavy (non-hydrogen) atoms. The fraction of sp³-hybridized carbons (Fsp3) is 0.306. The lowest BCUT2D eigenvalue weighted by atomic mass is 10.1. The lowest BCUT2D eigenvalue weighted by Gasteiger charge is -2.34. The van der Waals surface area contributed by atoms with Gasteiger partial charge in [0.25, 0.3) is 5.91 Å². The number of allylic oxidation sites excluding steroid dienone is 1. The number of hydrazine groups is 1. The van der Waals surface area contributed by atoms with E-state index in [1.165, 1.54) is 22.8 Å². The van der Waals surface area contributed by atoms with Crippen molar-refractivity contribution >= 4 is 79.4 Å². The minimum absolute atomic E-state index is 0.381. The normalized spacial score (nSPS) is 16.9. The van der Waals surface area contributed by atoms with Gasteiger partial charge in [0.05, 0.1) is 23.7 Å². The molecule has 15 heteroatoms. The first-order valence-electron chi connectivity index (χ1n) is 16.3. The van der Waals surface area contributed by atoms with E-state index in [4.69, 9.17) is 37.4 Å². The molecule has 11 nitrogen and oxygen atoms in total. The van der Waals surface area contributed by atoms with E-state index in [1.54, 1.807) is 55.8 Å². The number of likely N-dealkylation sites (N-methyl/N-ethyl adjacent to an activating group) is 1. The first-order valence-corrected chi connectivity index (χ1v) is 18.7. The van der Waals surface area contributed by atoms with Gasteiger partial charge in [0, 0.05) is 72.2 Å². The zero-order chi connectivity index (χ0) is 36.1. The monoisotopic (exact) mass is 814 g/mol. The summed E-state index contributed by atoms with van der Waals surface area (Å²) in [6, 6.07) is 15.1. The number of methoxy groups -OCH3 is 1. The summed E-state index contributed by atoms with van der Waals surface area (Å²) in [5, 5.41) is 5.05. The Labute approximate surface area is 319 Å². The molecule has 0 radical (unpaired) electrons. The van der Waals surface area contributed by atoms with Gasteiger partial charge < -0.3 is 29.3 Å². The van der Waals surface area contributed by atoms with Crippen molar-refractivity contribution in [2.45, 2.75) is 18.7 Å². The molecule has 1 atom stereocenters. The van der Waals surface area contributed by atoms with Gasteiger partial charge in [-0.15, -0.1) is 0 Å². The Morgan fingerprint density at radius 1 is 1.00 bits per heavy atom. The van der Waals surface area contributed by atoms with Crippen LogP contribution in [0.1, 0.15) is 24.3 Å². The molecule has 1 saturated heterocycles. The summed E-state index contributed by atoms with van der Waals surface area (Å²) in [6.45, 7) is 7.72. The third-order valence-corrected chi connectivity index (χ3v) is 10.6. The Morgan fingerprint density at radius 2 is 1.76 bits per heavy atom. The van der Waals surface area contributed by atoms with Crippen molar-refractivity contribution in [2.24, 2.45) is 0 Å². The summed E-state index contributed by atoms with van der Waals surface area (Å²) in [5.41, 5.74) is 4.50. The summed E-state index contributed by atoms with van der Waals surface area (Å²) >= 11 is 17.4. The van der Waals surface area contributed by atoms with Crippen LogP contribution in [-0.4, -0.2) is 85.2 Å². The molecule has 0 aliphatic carbocycles. The number of carbonyl (C=O) groups is 2. The molecular formula is C36H37BrCl2N6O5S. The van der Waals surface area contributed by atoms with Gasteiger partial charge in [-0.3, -0.25) is 9.78 Å². The second kappa shape index (κ2) is 16.7. The number of pyridine rings is 1. The summed E-state index contributed by atoms with van der Waals surface area (Å²) in [5.74, 6) is 1.91. The first kappa shape index (κ1) is 37.1. The van der Waals surface area contributed by atoms with Crippen LogP contribution in [-0.2, 0) is 4.79 Å². The van der Waals surface area contributed by atoms with E-state index in [-0.39, 0.29) is 5.91 Å². The molecular weight excluding hydrogens is 779 g/mol. The number of anilines is 1. The number of piperazine rings is 1. The number of hydrogen-bond donors (Lipinski definition) is 2.